The summed E-state index contributed by atoms with van der Waals surface area (Å²) in [5, 5.41) is 0. The number of benzene rings is 2. The Kier molecular flexibility index (Phi) is 6.63. The smallest absolute Gasteiger partial charge is 0.296 e. The molecule has 1 amide bonds. The molecule has 2 aliphatic rings. The molecular weight excluding hydrogens is 581 g/mol. The molecule has 0 spiro atoms. The van der Waals surface area contributed by atoms with Gasteiger partial charge in [0.15, 0.2) is 4.32 Å². The van der Waals surface area contributed by atoms with Crippen LogP contribution in [0.15, 0.2) is 93.5 Å². The molecule has 2 aromatic carbocycles. The standard InChI is InChI=1S/C32H26N6O3S2/c1-20-27(31(41)38(34(20)2)22-13-4-3-5-14-22)37-30(40)25(43-32(37)42)19-23-28(33-26-16-8-9-17-36(26)29(23)39)35-18-10-12-21-11-6-7-15-24(21)35/h3-9,11,13-17,19H,10,12,18H2,1-2H3. The van der Waals surface area contributed by atoms with Gasteiger partial charge in [-0.2, -0.15) is 0 Å². The van der Waals surface area contributed by atoms with E-state index < -0.39 is 5.91 Å². The Labute approximate surface area is 256 Å². The number of thioether (sulfide) groups is 1. The van der Waals surface area contributed by atoms with Crippen molar-refractivity contribution in [3.63, 3.8) is 0 Å². The van der Waals surface area contributed by atoms with Crippen LogP contribution in [0, 0.1) is 6.92 Å². The van der Waals surface area contributed by atoms with Crippen LogP contribution < -0.4 is 20.9 Å². The van der Waals surface area contributed by atoms with Crippen molar-refractivity contribution >= 4 is 63.1 Å². The van der Waals surface area contributed by atoms with Gasteiger partial charge in [-0.3, -0.25) is 28.4 Å². The van der Waals surface area contributed by atoms with E-state index in [2.05, 4.69) is 11.0 Å². The Hall–Kier alpha value is -4.74. The number of thiocarbonyl (C=S) groups is 1. The summed E-state index contributed by atoms with van der Waals surface area (Å²) in [6.45, 7) is 2.46. The van der Waals surface area contributed by atoms with E-state index >= 15 is 0 Å². The molecule has 0 N–H and O–H groups in total. The average Bonchev–Trinajstić information content (AvgIpc) is 3.42. The molecule has 0 bridgehead atoms. The molecule has 3 aromatic heterocycles. The Morgan fingerprint density at radius 3 is 2.49 bits per heavy atom. The van der Waals surface area contributed by atoms with Crippen molar-refractivity contribution in [2.75, 3.05) is 16.3 Å². The van der Waals surface area contributed by atoms with Crippen LogP contribution in [0.1, 0.15) is 23.2 Å². The number of hydrogen-bond donors (Lipinski definition) is 0. The Morgan fingerprint density at radius 2 is 1.67 bits per heavy atom. The van der Waals surface area contributed by atoms with Crippen LogP contribution >= 0.6 is 24.0 Å². The number of amides is 1. The van der Waals surface area contributed by atoms with Gasteiger partial charge in [-0.15, -0.1) is 0 Å². The largest absolute Gasteiger partial charge is 0.325 e. The highest BCUT2D eigenvalue weighted by Crippen LogP contribution is 2.39. The fourth-order valence-corrected chi connectivity index (χ4v) is 7.03. The van der Waals surface area contributed by atoms with E-state index in [1.165, 1.54) is 19.5 Å². The second-order valence-corrected chi connectivity index (χ2v) is 12.1. The molecule has 214 valence electrons. The molecule has 9 nitrogen and oxygen atoms in total. The lowest BCUT2D eigenvalue weighted by Gasteiger charge is -2.31. The third-order valence-corrected chi connectivity index (χ3v) is 9.23. The van der Waals surface area contributed by atoms with E-state index in [0.29, 0.717) is 29.4 Å². The molecule has 11 heteroatoms. The Morgan fingerprint density at radius 1 is 0.930 bits per heavy atom. The number of aromatic nitrogens is 4. The van der Waals surface area contributed by atoms with Crippen LogP contribution in [-0.4, -0.2) is 35.5 Å². The van der Waals surface area contributed by atoms with Crippen molar-refractivity contribution < 1.29 is 4.79 Å². The number of aryl methyl sites for hydroxylation is 1. The average molecular weight is 607 g/mol. The summed E-state index contributed by atoms with van der Waals surface area (Å²) in [6, 6.07) is 22.7. The molecule has 0 aliphatic carbocycles. The van der Waals surface area contributed by atoms with E-state index in [-0.39, 0.29) is 31.6 Å². The molecule has 5 heterocycles. The first kappa shape index (κ1) is 27.1. The lowest BCUT2D eigenvalue weighted by Crippen LogP contribution is -2.33. The highest BCUT2D eigenvalue weighted by atomic mass is 32.2. The summed E-state index contributed by atoms with van der Waals surface area (Å²) in [5.41, 5.74) is 3.76. The highest BCUT2D eigenvalue weighted by molar-refractivity contribution is 8.27. The van der Waals surface area contributed by atoms with Crippen LogP contribution in [0.3, 0.4) is 0 Å². The van der Waals surface area contributed by atoms with Gasteiger partial charge in [0.05, 0.1) is 21.8 Å². The Balaban J connectivity index is 1.37. The third-order valence-electron chi connectivity index (χ3n) is 7.93. The molecule has 0 saturated carbocycles. The maximum atomic E-state index is 14.0. The van der Waals surface area contributed by atoms with Crippen LogP contribution in [0.2, 0.25) is 0 Å². The number of pyridine rings is 1. The molecule has 2 aliphatic heterocycles. The van der Waals surface area contributed by atoms with Crippen LogP contribution in [0.4, 0.5) is 17.2 Å². The van der Waals surface area contributed by atoms with E-state index in [1.54, 1.807) is 43.1 Å². The first-order valence-corrected chi connectivity index (χ1v) is 15.1. The van der Waals surface area contributed by atoms with Crippen LogP contribution in [0.25, 0.3) is 17.4 Å². The van der Waals surface area contributed by atoms with Gasteiger partial charge in [-0.1, -0.05) is 66.4 Å². The van der Waals surface area contributed by atoms with Gasteiger partial charge < -0.3 is 4.90 Å². The van der Waals surface area contributed by atoms with Gasteiger partial charge in [0.25, 0.3) is 17.0 Å². The zero-order chi connectivity index (χ0) is 29.8. The maximum absolute atomic E-state index is 14.0. The predicted molar refractivity (Wildman–Crippen MR) is 175 cm³/mol. The Bertz CT molecular complexity index is 2110. The number of rotatable bonds is 4. The van der Waals surface area contributed by atoms with Crippen LogP contribution in [0.5, 0.6) is 0 Å². The number of carbonyl (C=O) groups excluding carboxylic acids is 1. The molecule has 0 unspecified atom stereocenters. The lowest BCUT2D eigenvalue weighted by atomic mass is 10.0. The zero-order valence-corrected chi connectivity index (χ0v) is 25.1. The highest BCUT2D eigenvalue weighted by Gasteiger charge is 2.38. The summed E-state index contributed by atoms with van der Waals surface area (Å²) in [5.74, 6) is 0.0273. The van der Waals surface area contributed by atoms with Gasteiger partial charge >= 0.3 is 0 Å². The lowest BCUT2D eigenvalue weighted by molar-refractivity contribution is -0.113. The van der Waals surface area contributed by atoms with Crippen molar-refractivity contribution in [3.05, 3.63) is 121 Å². The second-order valence-electron chi connectivity index (χ2n) is 10.4. The molecule has 0 atom stereocenters. The summed E-state index contributed by atoms with van der Waals surface area (Å²) < 4.78 is 4.92. The molecule has 43 heavy (non-hydrogen) atoms. The van der Waals surface area contributed by atoms with E-state index in [0.717, 1.165) is 30.3 Å². The normalized spacial score (nSPS) is 16.0. The maximum Gasteiger partial charge on any atom is 0.296 e. The van der Waals surface area contributed by atoms with Gasteiger partial charge in [-0.25, -0.2) is 9.67 Å². The minimum atomic E-state index is -0.455. The summed E-state index contributed by atoms with van der Waals surface area (Å²) in [4.78, 5) is 50.2. The molecule has 7 rings (SSSR count). The van der Waals surface area contributed by atoms with Crippen molar-refractivity contribution in [3.8, 4) is 5.69 Å². The SMILES string of the molecule is Cc1c(N2C(=O)C(=Cc3c(N4CCCc5ccccc54)nc4ccccn4c3=O)SC2=S)c(=O)n(-c2ccccc2)n1C. The topological polar surface area (TPSA) is 84.9 Å². The zero-order valence-electron chi connectivity index (χ0n) is 23.4. The molecule has 1 saturated heterocycles. The van der Waals surface area contributed by atoms with Gasteiger partial charge in [-0.05, 0) is 61.7 Å². The second kappa shape index (κ2) is 10.5. The fraction of sp³-hybridized carbons (Fsp3) is 0.156. The minimum absolute atomic E-state index is 0.191. The van der Waals surface area contributed by atoms with E-state index in [4.69, 9.17) is 17.2 Å². The quantitative estimate of drug-likeness (QED) is 0.211. The summed E-state index contributed by atoms with van der Waals surface area (Å²) in [6.07, 6.45) is 5.08. The number of fused-ring (bicyclic) bond motifs is 2. The van der Waals surface area contributed by atoms with Crippen molar-refractivity contribution in [2.24, 2.45) is 7.05 Å². The minimum Gasteiger partial charge on any atom is -0.325 e. The van der Waals surface area contributed by atoms with Gasteiger partial charge in [0.2, 0.25) is 0 Å². The van der Waals surface area contributed by atoms with Crippen molar-refractivity contribution in [2.45, 2.75) is 19.8 Å². The molecule has 0 radical (unpaired) electrons. The monoisotopic (exact) mass is 606 g/mol. The summed E-state index contributed by atoms with van der Waals surface area (Å²) in [7, 11) is 1.77. The predicted octanol–water partition coefficient (Wildman–Crippen LogP) is 4.98. The fourth-order valence-electron chi connectivity index (χ4n) is 5.78. The van der Waals surface area contributed by atoms with E-state index in [1.807, 2.05) is 54.6 Å². The summed E-state index contributed by atoms with van der Waals surface area (Å²) >= 11 is 6.73. The number of anilines is 3. The molecular formula is C32H26N6O3S2. The molecule has 1 fully saturated rings. The van der Waals surface area contributed by atoms with Gasteiger partial charge in [0.1, 0.15) is 17.2 Å². The third kappa shape index (κ3) is 4.34. The van der Waals surface area contributed by atoms with Gasteiger partial charge in [0, 0.05) is 25.5 Å². The number of nitrogens with zero attached hydrogens (tertiary/aromatic N) is 6. The first-order valence-electron chi connectivity index (χ1n) is 13.8. The number of carbonyl (C=O) groups is 1. The number of para-hydroxylation sites is 2. The molecule has 5 aromatic rings. The first-order chi connectivity index (χ1) is 20.8. The number of hydrogen-bond acceptors (Lipinski definition) is 7. The van der Waals surface area contributed by atoms with Crippen molar-refractivity contribution in [1.29, 1.82) is 0 Å². The van der Waals surface area contributed by atoms with E-state index in [9.17, 15) is 14.4 Å². The van der Waals surface area contributed by atoms with Crippen LogP contribution in [-0.2, 0) is 18.3 Å². The van der Waals surface area contributed by atoms with Crippen molar-refractivity contribution in [1.82, 2.24) is 18.7 Å².